The lowest BCUT2D eigenvalue weighted by molar-refractivity contribution is -0.125. The van der Waals surface area contributed by atoms with Gasteiger partial charge in [-0.25, -0.2) is 0 Å². The minimum absolute atomic E-state index is 0.0289. The highest BCUT2D eigenvalue weighted by atomic mass is 32.2. The van der Waals surface area contributed by atoms with Crippen molar-refractivity contribution in [2.24, 2.45) is 5.41 Å². The van der Waals surface area contributed by atoms with E-state index in [2.05, 4.69) is 31.4 Å². The fourth-order valence-electron chi connectivity index (χ4n) is 2.61. The van der Waals surface area contributed by atoms with Crippen molar-refractivity contribution < 1.29 is 22.7 Å². The molecule has 27 heavy (non-hydrogen) atoms. The lowest BCUT2D eigenvalue weighted by Gasteiger charge is -2.20. The van der Waals surface area contributed by atoms with Crippen molar-refractivity contribution in [3.05, 3.63) is 29.8 Å². The molecule has 2 atom stereocenters. The highest BCUT2D eigenvalue weighted by molar-refractivity contribution is 8.00. The number of amides is 1. The van der Waals surface area contributed by atoms with Crippen LogP contribution >= 0.6 is 11.8 Å². The molecule has 1 aromatic rings. The van der Waals surface area contributed by atoms with Gasteiger partial charge in [0, 0.05) is 12.6 Å². The van der Waals surface area contributed by atoms with Crippen LogP contribution < -0.4 is 15.4 Å². The number of rotatable bonds is 6. The lowest BCUT2D eigenvalue weighted by Crippen LogP contribution is -2.44. The summed E-state index contributed by atoms with van der Waals surface area (Å²) in [6.45, 7) is 5.86. The van der Waals surface area contributed by atoms with Gasteiger partial charge in [0.25, 0.3) is 0 Å². The predicted molar refractivity (Wildman–Crippen MR) is 102 cm³/mol. The summed E-state index contributed by atoms with van der Waals surface area (Å²) in [5.41, 5.74) is 0.869. The molecule has 0 unspecified atom stereocenters. The quantitative estimate of drug-likeness (QED) is 0.755. The molecule has 0 spiro atoms. The fraction of sp³-hybridized carbons (Fsp3) is 0.632. The molecule has 1 aromatic carbocycles. The Labute approximate surface area is 162 Å². The molecule has 1 saturated heterocycles. The topological polar surface area (TPSA) is 50.4 Å². The number of carbonyl (C=O) groups is 1. The maximum Gasteiger partial charge on any atom is 0.401 e. The van der Waals surface area contributed by atoms with Gasteiger partial charge in [-0.15, -0.1) is 11.8 Å². The third-order valence-electron chi connectivity index (χ3n) is 3.88. The first-order valence-corrected chi connectivity index (χ1v) is 10.0. The van der Waals surface area contributed by atoms with E-state index in [1.807, 2.05) is 24.3 Å². The van der Waals surface area contributed by atoms with Crippen molar-refractivity contribution in [2.75, 3.05) is 25.4 Å². The second-order valence-electron chi connectivity index (χ2n) is 7.91. The van der Waals surface area contributed by atoms with E-state index >= 15 is 0 Å². The molecule has 0 aliphatic carbocycles. The van der Waals surface area contributed by atoms with Gasteiger partial charge in [0.2, 0.25) is 5.91 Å². The summed E-state index contributed by atoms with van der Waals surface area (Å²) in [6.07, 6.45) is -3.63. The average Bonchev–Trinajstić information content (AvgIpc) is 2.73. The number of alkyl halides is 3. The highest BCUT2D eigenvalue weighted by Gasteiger charge is 2.30. The zero-order valence-corrected chi connectivity index (χ0v) is 16.7. The Kier molecular flexibility index (Phi) is 7.45. The maximum absolute atomic E-state index is 12.6. The van der Waals surface area contributed by atoms with Crippen LogP contribution in [0.5, 0.6) is 5.75 Å². The minimum atomic E-state index is -4.25. The first-order chi connectivity index (χ1) is 12.5. The molecular formula is C19H27F3N2O2S. The summed E-state index contributed by atoms with van der Waals surface area (Å²) in [5, 5.41) is 4.84. The third kappa shape index (κ3) is 8.01. The predicted octanol–water partition coefficient (Wildman–Crippen LogP) is 3.93. The molecule has 1 heterocycles. The van der Waals surface area contributed by atoms with Gasteiger partial charge in [0.15, 0.2) is 0 Å². The van der Waals surface area contributed by atoms with E-state index in [0.717, 1.165) is 5.56 Å². The van der Waals surface area contributed by atoms with Crippen LogP contribution in [0.15, 0.2) is 24.3 Å². The second kappa shape index (κ2) is 9.19. The van der Waals surface area contributed by atoms with Crippen molar-refractivity contribution in [3.8, 4) is 5.75 Å². The molecule has 2 rings (SSSR count). The first kappa shape index (κ1) is 21.9. The Bertz CT molecular complexity index is 632. The van der Waals surface area contributed by atoms with E-state index < -0.39 is 18.0 Å². The van der Waals surface area contributed by atoms with Crippen LogP contribution in [0.3, 0.4) is 0 Å². The van der Waals surface area contributed by atoms with Crippen molar-refractivity contribution >= 4 is 17.7 Å². The third-order valence-corrected chi connectivity index (χ3v) is 5.18. The minimum Gasteiger partial charge on any atom is -0.493 e. The van der Waals surface area contributed by atoms with Gasteiger partial charge in [-0.3, -0.25) is 4.79 Å². The van der Waals surface area contributed by atoms with Crippen LogP contribution in [0.2, 0.25) is 0 Å². The summed E-state index contributed by atoms with van der Waals surface area (Å²) < 4.78 is 42.6. The summed E-state index contributed by atoms with van der Waals surface area (Å²) in [5.74, 6) is 1.22. The van der Waals surface area contributed by atoms with Gasteiger partial charge in [0.1, 0.15) is 11.0 Å². The van der Waals surface area contributed by atoms with Gasteiger partial charge in [0.05, 0.1) is 13.2 Å². The molecule has 0 radical (unpaired) electrons. The molecule has 152 valence electrons. The number of carbonyl (C=O) groups excluding carboxylic acids is 1. The highest BCUT2D eigenvalue weighted by Crippen LogP contribution is 2.34. The van der Waals surface area contributed by atoms with E-state index in [4.69, 9.17) is 4.74 Å². The smallest absolute Gasteiger partial charge is 0.401 e. The number of thioether (sulfide) groups is 1. The van der Waals surface area contributed by atoms with Gasteiger partial charge < -0.3 is 15.4 Å². The number of halogens is 3. The molecule has 0 saturated carbocycles. The van der Waals surface area contributed by atoms with Crippen LogP contribution in [0.25, 0.3) is 0 Å². The van der Waals surface area contributed by atoms with E-state index in [0.29, 0.717) is 24.5 Å². The van der Waals surface area contributed by atoms with Crippen LogP contribution in [0.4, 0.5) is 13.2 Å². The van der Waals surface area contributed by atoms with Crippen molar-refractivity contribution in [1.82, 2.24) is 10.6 Å². The Hall–Kier alpha value is -1.41. The van der Waals surface area contributed by atoms with Gasteiger partial charge in [-0.1, -0.05) is 32.9 Å². The molecule has 4 nitrogen and oxygen atoms in total. The largest absolute Gasteiger partial charge is 0.493 e. The van der Waals surface area contributed by atoms with Gasteiger partial charge >= 0.3 is 6.18 Å². The summed E-state index contributed by atoms with van der Waals surface area (Å²) in [7, 11) is 0. The maximum atomic E-state index is 12.6. The standard InChI is InChI=1S/C19H27F3N2O2S/c1-18(2,3)12-26-15-6-4-5-13(9-15)16-17(25)24-14(7-8-27-16)10-23-11-19(20,21)22/h4-6,9,14,16,23H,7-8,10-12H2,1-3H3,(H,24,25)/t14-,16+/m0/s1. The SMILES string of the molecule is CC(C)(C)COc1cccc([C@H]2SCC[C@@H](CNCC(F)(F)F)NC2=O)c1. The molecular weight excluding hydrogens is 377 g/mol. The molecule has 1 fully saturated rings. The number of hydrogen-bond donors (Lipinski definition) is 2. The Morgan fingerprint density at radius 3 is 2.70 bits per heavy atom. The summed E-state index contributed by atoms with van der Waals surface area (Å²) in [4.78, 5) is 12.6. The Morgan fingerprint density at radius 1 is 1.30 bits per heavy atom. The summed E-state index contributed by atoms with van der Waals surface area (Å²) in [6, 6.07) is 7.15. The van der Waals surface area contributed by atoms with Crippen LogP contribution in [-0.2, 0) is 4.79 Å². The normalized spacial score (nSPS) is 21.5. The van der Waals surface area contributed by atoms with E-state index in [-0.39, 0.29) is 23.9 Å². The molecule has 0 bridgehead atoms. The molecule has 1 aliphatic rings. The van der Waals surface area contributed by atoms with Crippen LogP contribution in [-0.4, -0.2) is 43.6 Å². The van der Waals surface area contributed by atoms with E-state index in [1.165, 1.54) is 11.8 Å². The lowest BCUT2D eigenvalue weighted by atomic mass is 9.99. The van der Waals surface area contributed by atoms with Crippen molar-refractivity contribution in [3.63, 3.8) is 0 Å². The van der Waals surface area contributed by atoms with Crippen molar-refractivity contribution in [1.29, 1.82) is 0 Å². The Balaban J connectivity index is 1.96. The van der Waals surface area contributed by atoms with Gasteiger partial charge in [-0.05, 0) is 35.3 Å². The molecule has 1 amide bonds. The zero-order chi connectivity index (χ0) is 20.1. The van der Waals surface area contributed by atoms with Gasteiger partial charge in [-0.2, -0.15) is 13.2 Å². The van der Waals surface area contributed by atoms with Crippen LogP contribution in [0.1, 0.15) is 38.0 Å². The average molecular weight is 404 g/mol. The van der Waals surface area contributed by atoms with Crippen LogP contribution in [0, 0.1) is 5.41 Å². The van der Waals surface area contributed by atoms with E-state index in [9.17, 15) is 18.0 Å². The first-order valence-electron chi connectivity index (χ1n) is 8.96. The number of ether oxygens (including phenoxy) is 1. The molecule has 0 aromatic heterocycles. The molecule has 2 N–H and O–H groups in total. The fourth-order valence-corrected chi connectivity index (χ4v) is 3.82. The van der Waals surface area contributed by atoms with Crippen molar-refractivity contribution in [2.45, 2.75) is 44.7 Å². The van der Waals surface area contributed by atoms with E-state index in [1.54, 1.807) is 0 Å². The number of nitrogens with one attached hydrogen (secondary N) is 2. The number of hydrogen-bond acceptors (Lipinski definition) is 4. The zero-order valence-electron chi connectivity index (χ0n) is 15.9. The molecule has 8 heteroatoms. The Morgan fingerprint density at radius 2 is 2.04 bits per heavy atom. The monoisotopic (exact) mass is 404 g/mol. The second-order valence-corrected chi connectivity index (χ2v) is 9.13. The number of benzene rings is 1. The molecule has 1 aliphatic heterocycles. The summed E-state index contributed by atoms with van der Waals surface area (Å²) >= 11 is 1.50.